The van der Waals surface area contributed by atoms with Crippen molar-refractivity contribution in [3.8, 4) is 0 Å². The van der Waals surface area contributed by atoms with E-state index >= 15 is 0 Å². The number of nitrogens with zero attached hydrogens (tertiary/aromatic N) is 4. The molecule has 0 unspecified atom stereocenters. The minimum Gasteiger partial charge on any atom is -0.308 e. The van der Waals surface area contributed by atoms with E-state index in [2.05, 4.69) is 32.6 Å². The van der Waals surface area contributed by atoms with Crippen LogP contribution in [-0.4, -0.2) is 25.6 Å². The van der Waals surface area contributed by atoms with E-state index in [0.29, 0.717) is 5.78 Å². The van der Waals surface area contributed by atoms with Gasteiger partial charge < -0.3 is 10.6 Å². The molecule has 0 radical (unpaired) electrons. The van der Waals surface area contributed by atoms with Crippen LogP contribution in [0.2, 0.25) is 0 Å². The molecular formula is C23H24N6OS. The Bertz CT molecular complexity index is 1250. The number of nitrogens with one attached hydrogen (secondary N) is 2. The van der Waals surface area contributed by atoms with Gasteiger partial charge in [0.05, 0.1) is 0 Å². The number of carbonyl (C=O) groups is 1. The van der Waals surface area contributed by atoms with Crippen molar-refractivity contribution in [1.29, 1.82) is 0 Å². The Hall–Kier alpha value is -3.39. The van der Waals surface area contributed by atoms with Crippen LogP contribution in [0.1, 0.15) is 29.3 Å². The highest BCUT2D eigenvalue weighted by Crippen LogP contribution is 2.32. The van der Waals surface area contributed by atoms with E-state index in [0.717, 1.165) is 50.1 Å². The second kappa shape index (κ2) is 8.77. The fraction of sp³-hybridized carbons (Fsp3) is 0.217. The van der Waals surface area contributed by atoms with Gasteiger partial charge in [-0.1, -0.05) is 30.8 Å². The Morgan fingerprint density at radius 3 is 2.58 bits per heavy atom. The molecule has 4 aromatic rings. The zero-order valence-electron chi connectivity index (χ0n) is 17.9. The first-order valence-electron chi connectivity index (χ1n) is 10.1. The van der Waals surface area contributed by atoms with Crippen LogP contribution in [0.4, 0.5) is 16.2 Å². The van der Waals surface area contributed by atoms with E-state index in [1.54, 1.807) is 16.3 Å². The molecule has 8 heteroatoms. The topological polar surface area (TPSA) is 84.2 Å². The van der Waals surface area contributed by atoms with Crippen molar-refractivity contribution in [2.45, 2.75) is 44.0 Å². The summed E-state index contributed by atoms with van der Waals surface area (Å²) in [6.45, 7) is 8.08. The number of aromatic nitrogens is 4. The Morgan fingerprint density at radius 1 is 1.06 bits per heavy atom. The summed E-state index contributed by atoms with van der Waals surface area (Å²) < 4.78 is 1.78. The molecule has 0 saturated heterocycles. The highest BCUT2D eigenvalue weighted by molar-refractivity contribution is 7.99. The predicted molar refractivity (Wildman–Crippen MR) is 124 cm³/mol. The lowest BCUT2D eigenvalue weighted by Crippen LogP contribution is -2.20. The molecule has 0 aliphatic heterocycles. The van der Waals surface area contributed by atoms with Gasteiger partial charge in [-0.3, -0.25) is 0 Å². The maximum atomic E-state index is 12.4. The van der Waals surface area contributed by atoms with E-state index in [1.807, 2.05) is 63.2 Å². The predicted octanol–water partition coefficient (Wildman–Crippen LogP) is 5.41. The summed E-state index contributed by atoms with van der Waals surface area (Å²) in [6.07, 6.45) is 2.38. The highest BCUT2D eigenvalue weighted by atomic mass is 32.2. The molecule has 0 spiro atoms. The van der Waals surface area contributed by atoms with E-state index in [-0.39, 0.29) is 6.03 Å². The van der Waals surface area contributed by atoms with Gasteiger partial charge in [0.25, 0.3) is 5.78 Å². The molecule has 2 aromatic carbocycles. The van der Waals surface area contributed by atoms with Crippen molar-refractivity contribution in [3.63, 3.8) is 0 Å². The molecule has 2 amide bonds. The maximum Gasteiger partial charge on any atom is 0.323 e. The Kier molecular flexibility index (Phi) is 5.90. The fourth-order valence-corrected chi connectivity index (χ4v) is 4.47. The minimum atomic E-state index is -0.267. The van der Waals surface area contributed by atoms with Gasteiger partial charge in [0, 0.05) is 27.5 Å². The average Bonchev–Trinajstić information content (AvgIpc) is 3.20. The van der Waals surface area contributed by atoms with E-state index < -0.39 is 0 Å². The number of aryl methyl sites for hydroxylation is 3. The molecule has 0 saturated carbocycles. The number of fused-ring (bicyclic) bond motifs is 1. The van der Waals surface area contributed by atoms with Crippen molar-refractivity contribution >= 4 is 34.9 Å². The fourth-order valence-electron chi connectivity index (χ4n) is 3.34. The van der Waals surface area contributed by atoms with Crippen LogP contribution in [0.3, 0.4) is 0 Å². The summed E-state index contributed by atoms with van der Waals surface area (Å²) >= 11 is 1.61. The number of benzene rings is 2. The SMILES string of the molecule is CCc1c(C)nc2ncnn2c1Sc1ccc(NC(=O)Nc2cc(C)ccc2C)cc1. The normalized spacial score (nSPS) is 11.0. The third kappa shape index (κ3) is 4.54. The molecule has 7 nitrogen and oxygen atoms in total. The van der Waals surface area contributed by atoms with Crippen LogP contribution in [0.5, 0.6) is 0 Å². The molecule has 0 aliphatic rings. The molecule has 2 N–H and O–H groups in total. The second-order valence-corrected chi connectivity index (χ2v) is 8.39. The van der Waals surface area contributed by atoms with Crippen molar-refractivity contribution in [3.05, 3.63) is 71.2 Å². The average molecular weight is 433 g/mol. The third-order valence-corrected chi connectivity index (χ3v) is 6.13. The first-order chi connectivity index (χ1) is 14.9. The Balaban J connectivity index is 1.49. The van der Waals surface area contributed by atoms with Crippen LogP contribution in [0.15, 0.2) is 58.7 Å². The standard InChI is InChI=1S/C23H24N6OS/c1-5-19-16(4)26-22-24-13-25-29(22)21(19)31-18-10-8-17(9-11-18)27-23(30)28-20-12-14(2)6-7-15(20)3/h6-13H,5H2,1-4H3,(H2,27,28,30). The molecule has 0 bridgehead atoms. The zero-order chi connectivity index (χ0) is 22.0. The number of amides is 2. The second-order valence-electron chi connectivity index (χ2n) is 7.33. The van der Waals surface area contributed by atoms with Gasteiger partial charge in [-0.2, -0.15) is 14.6 Å². The van der Waals surface area contributed by atoms with E-state index in [4.69, 9.17) is 0 Å². The Labute approximate surface area is 185 Å². The minimum absolute atomic E-state index is 0.267. The third-order valence-electron chi connectivity index (χ3n) is 5.01. The quantitative estimate of drug-likeness (QED) is 0.412. The van der Waals surface area contributed by atoms with E-state index in [9.17, 15) is 4.79 Å². The number of hydrogen-bond donors (Lipinski definition) is 2. The van der Waals surface area contributed by atoms with Crippen LogP contribution < -0.4 is 10.6 Å². The van der Waals surface area contributed by atoms with Gasteiger partial charge >= 0.3 is 6.03 Å². The smallest absolute Gasteiger partial charge is 0.308 e. The van der Waals surface area contributed by atoms with Crippen LogP contribution in [0.25, 0.3) is 5.78 Å². The van der Waals surface area contributed by atoms with Crippen molar-refractivity contribution in [2.24, 2.45) is 0 Å². The molecule has 0 atom stereocenters. The van der Waals surface area contributed by atoms with Gasteiger partial charge in [-0.15, -0.1) is 0 Å². The number of rotatable bonds is 5. The monoisotopic (exact) mass is 432 g/mol. The summed E-state index contributed by atoms with van der Waals surface area (Å²) in [5, 5.41) is 11.1. The molecule has 2 aromatic heterocycles. The molecule has 2 heterocycles. The summed E-state index contributed by atoms with van der Waals surface area (Å²) in [5.41, 5.74) is 5.76. The van der Waals surface area contributed by atoms with Crippen LogP contribution >= 0.6 is 11.8 Å². The van der Waals surface area contributed by atoms with Gasteiger partial charge in [0.1, 0.15) is 11.4 Å². The molecule has 158 valence electrons. The van der Waals surface area contributed by atoms with Crippen molar-refractivity contribution in [1.82, 2.24) is 19.6 Å². The van der Waals surface area contributed by atoms with Crippen LogP contribution in [-0.2, 0) is 6.42 Å². The summed E-state index contributed by atoms with van der Waals surface area (Å²) in [6, 6.07) is 13.5. The largest absolute Gasteiger partial charge is 0.323 e. The lowest BCUT2D eigenvalue weighted by atomic mass is 10.1. The number of hydrogen-bond acceptors (Lipinski definition) is 5. The molecular weight excluding hydrogens is 408 g/mol. The van der Waals surface area contributed by atoms with Crippen LogP contribution in [0, 0.1) is 20.8 Å². The Morgan fingerprint density at radius 2 is 1.84 bits per heavy atom. The molecule has 4 rings (SSSR count). The number of urea groups is 1. The molecule has 0 fully saturated rings. The summed E-state index contributed by atoms with van der Waals surface area (Å²) in [4.78, 5) is 22.2. The van der Waals surface area contributed by atoms with Gasteiger partial charge in [-0.05, 0) is 68.7 Å². The lowest BCUT2D eigenvalue weighted by molar-refractivity contribution is 0.262. The van der Waals surface area contributed by atoms with Crippen molar-refractivity contribution < 1.29 is 4.79 Å². The van der Waals surface area contributed by atoms with Gasteiger partial charge in [0.2, 0.25) is 0 Å². The summed E-state index contributed by atoms with van der Waals surface area (Å²) in [5.74, 6) is 0.596. The van der Waals surface area contributed by atoms with Crippen molar-refractivity contribution in [2.75, 3.05) is 10.6 Å². The molecule has 31 heavy (non-hydrogen) atoms. The first kappa shape index (κ1) is 20.9. The van der Waals surface area contributed by atoms with Gasteiger partial charge in [-0.25, -0.2) is 9.78 Å². The lowest BCUT2D eigenvalue weighted by Gasteiger charge is -2.13. The number of anilines is 2. The van der Waals surface area contributed by atoms with E-state index in [1.165, 1.54) is 6.33 Å². The molecule has 0 aliphatic carbocycles. The first-order valence-corrected chi connectivity index (χ1v) is 10.9. The van der Waals surface area contributed by atoms with Gasteiger partial charge in [0.15, 0.2) is 0 Å². The summed E-state index contributed by atoms with van der Waals surface area (Å²) in [7, 11) is 0. The maximum absolute atomic E-state index is 12.4. The highest BCUT2D eigenvalue weighted by Gasteiger charge is 2.14. The zero-order valence-corrected chi connectivity index (χ0v) is 18.7. The number of carbonyl (C=O) groups excluding carboxylic acids is 1.